The van der Waals surface area contributed by atoms with Gasteiger partial charge in [-0.1, -0.05) is 18.2 Å². The predicted octanol–water partition coefficient (Wildman–Crippen LogP) is 4.22. The van der Waals surface area contributed by atoms with Crippen LogP contribution in [0.5, 0.6) is 5.75 Å². The van der Waals surface area contributed by atoms with E-state index in [1.807, 2.05) is 62.1 Å². The highest BCUT2D eigenvalue weighted by atomic mass is 16.5. The van der Waals surface area contributed by atoms with Crippen molar-refractivity contribution in [1.29, 1.82) is 0 Å². The van der Waals surface area contributed by atoms with Crippen LogP contribution in [-0.2, 0) is 4.79 Å². The number of likely N-dealkylation sites (N-methyl/N-ethyl adjacent to an activating group) is 1. The molecule has 118 valence electrons. The van der Waals surface area contributed by atoms with Gasteiger partial charge in [-0.2, -0.15) is 0 Å². The summed E-state index contributed by atoms with van der Waals surface area (Å²) >= 11 is 0. The van der Waals surface area contributed by atoms with Gasteiger partial charge in [-0.3, -0.25) is 4.79 Å². The molecule has 1 aliphatic rings. The number of fused-ring (bicyclic) bond motifs is 1. The van der Waals surface area contributed by atoms with Gasteiger partial charge in [-0.15, -0.1) is 0 Å². The Morgan fingerprint density at radius 3 is 2.57 bits per heavy atom. The number of ether oxygens (including phenoxy) is 1. The van der Waals surface area contributed by atoms with E-state index in [2.05, 4.69) is 6.07 Å². The van der Waals surface area contributed by atoms with Gasteiger partial charge in [-0.25, -0.2) is 0 Å². The van der Waals surface area contributed by atoms with Crippen molar-refractivity contribution in [1.82, 2.24) is 0 Å². The Labute approximate surface area is 137 Å². The molecule has 1 amide bonds. The molecule has 0 aliphatic carbocycles. The van der Waals surface area contributed by atoms with E-state index >= 15 is 0 Å². The third-order valence-electron chi connectivity index (χ3n) is 4.36. The minimum atomic E-state index is 0.0709. The lowest BCUT2D eigenvalue weighted by molar-refractivity contribution is -0.112. The fourth-order valence-electron chi connectivity index (χ4n) is 3.10. The van der Waals surface area contributed by atoms with Crippen molar-refractivity contribution in [2.75, 3.05) is 18.6 Å². The first kappa shape index (κ1) is 15.3. The van der Waals surface area contributed by atoms with E-state index in [0.717, 1.165) is 39.3 Å². The predicted molar refractivity (Wildman–Crippen MR) is 94.8 cm³/mol. The smallest absolute Gasteiger partial charge is 0.258 e. The molecule has 1 heterocycles. The maximum Gasteiger partial charge on any atom is 0.258 e. The van der Waals surface area contributed by atoms with Crippen LogP contribution in [-0.4, -0.2) is 19.6 Å². The van der Waals surface area contributed by atoms with E-state index in [4.69, 9.17) is 4.74 Å². The van der Waals surface area contributed by atoms with Crippen LogP contribution in [0, 0.1) is 13.8 Å². The summed E-state index contributed by atoms with van der Waals surface area (Å²) in [6.45, 7) is 6.73. The lowest BCUT2D eigenvalue weighted by atomic mass is 9.99. The molecule has 0 bridgehead atoms. The molecule has 2 aromatic rings. The van der Waals surface area contributed by atoms with Crippen molar-refractivity contribution in [2.45, 2.75) is 20.8 Å². The Bertz CT molecular complexity index is 805. The second-order valence-electron chi connectivity index (χ2n) is 5.80. The minimum absolute atomic E-state index is 0.0709. The summed E-state index contributed by atoms with van der Waals surface area (Å²) in [7, 11) is 1.68. The quantitative estimate of drug-likeness (QED) is 0.795. The SMILES string of the molecule is CCN1C(=O)/C(=C\c2cc(C)c(OC)cc2C)c2ccccc21. The first-order valence-corrected chi connectivity index (χ1v) is 7.85. The molecular weight excluding hydrogens is 286 g/mol. The summed E-state index contributed by atoms with van der Waals surface area (Å²) in [4.78, 5) is 14.6. The van der Waals surface area contributed by atoms with Gasteiger partial charge in [0.25, 0.3) is 5.91 Å². The lowest BCUT2D eigenvalue weighted by Gasteiger charge is -2.13. The fourth-order valence-corrected chi connectivity index (χ4v) is 3.10. The number of rotatable bonds is 3. The molecule has 3 heteroatoms. The van der Waals surface area contributed by atoms with Crippen LogP contribution >= 0.6 is 0 Å². The van der Waals surface area contributed by atoms with Gasteiger partial charge in [0.1, 0.15) is 5.75 Å². The molecule has 3 nitrogen and oxygen atoms in total. The first-order chi connectivity index (χ1) is 11.1. The number of benzene rings is 2. The standard InChI is InChI=1S/C20H21NO2/c1-5-21-18-9-7-6-8-16(18)17(20(21)22)12-15-10-14(3)19(23-4)11-13(15)2/h6-12H,5H2,1-4H3/b17-12-. The number of nitrogens with zero attached hydrogens (tertiary/aromatic N) is 1. The molecule has 0 spiro atoms. The Kier molecular flexibility index (Phi) is 3.95. The Hall–Kier alpha value is -2.55. The number of carbonyl (C=O) groups excluding carboxylic acids is 1. The zero-order chi connectivity index (χ0) is 16.6. The summed E-state index contributed by atoms with van der Waals surface area (Å²) in [6.07, 6.45) is 2.00. The van der Waals surface area contributed by atoms with Crippen molar-refractivity contribution in [3.05, 3.63) is 58.7 Å². The summed E-state index contributed by atoms with van der Waals surface area (Å²) in [5.41, 5.74) is 5.98. The third-order valence-corrected chi connectivity index (χ3v) is 4.36. The highest BCUT2D eigenvalue weighted by molar-refractivity contribution is 6.35. The van der Waals surface area contributed by atoms with Crippen molar-refractivity contribution in [2.24, 2.45) is 0 Å². The number of amides is 1. The Morgan fingerprint density at radius 1 is 1.13 bits per heavy atom. The van der Waals surface area contributed by atoms with Crippen molar-refractivity contribution < 1.29 is 9.53 Å². The minimum Gasteiger partial charge on any atom is -0.496 e. The highest BCUT2D eigenvalue weighted by Gasteiger charge is 2.30. The lowest BCUT2D eigenvalue weighted by Crippen LogP contribution is -2.25. The topological polar surface area (TPSA) is 29.5 Å². The molecule has 1 aliphatic heterocycles. The second-order valence-corrected chi connectivity index (χ2v) is 5.80. The van der Waals surface area contributed by atoms with Crippen LogP contribution in [0.4, 0.5) is 5.69 Å². The van der Waals surface area contributed by atoms with E-state index in [0.29, 0.717) is 6.54 Å². The van der Waals surface area contributed by atoms with E-state index in [1.54, 1.807) is 7.11 Å². The molecule has 2 aromatic carbocycles. The number of carbonyl (C=O) groups is 1. The van der Waals surface area contributed by atoms with Gasteiger partial charge in [0.05, 0.1) is 12.8 Å². The Balaban J connectivity index is 2.14. The average Bonchev–Trinajstić information content (AvgIpc) is 2.82. The molecule has 0 fully saturated rings. The molecule has 0 unspecified atom stereocenters. The second kappa shape index (κ2) is 5.92. The van der Waals surface area contributed by atoms with Gasteiger partial charge < -0.3 is 9.64 Å². The van der Waals surface area contributed by atoms with Crippen molar-refractivity contribution in [3.63, 3.8) is 0 Å². The molecular formula is C20H21NO2. The van der Waals surface area contributed by atoms with Crippen molar-refractivity contribution >= 4 is 23.2 Å². The summed E-state index contributed by atoms with van der Waals surface area (Å²) in [5.74, 6) is 0.944. The first-order valence-electron chi connectivity index (χ1n) is 7.85. The third kappa shape index (κ3) is 2.52. The number of aryl methyl sites for hydroxylation is 2. The molecule has 0 saturated carbocycles. The normalized spacial score (nSPS) is 15.2. The van der Waals surface area contributed by atoms with E-state index in [9.17, 15) is 4.79 Å². The monoisotopic (exact) mass is 307 g/mol. The molecule has 23 heavy (non-hydrogen) atoms. The maximum atomic E-state index is 12.8. The number of hydrogen-bond donors (Lipinski definition) is 0. The summed E-state index contributed by atoms with van der Waals surface area (Å²) in [5, 5.41) is 0. The number of hydrogen-bond acceptors (Lipinski definition) is 2. The van der Waals surface area contributed by atoms with Gasteiger partial charge in [-0.05, 0) is 61.7 Å². The molecule has 0 aromatic heterocycles. The van der Waals surface area contributed by atoms with Crippen LogP contribution in [0.3, 0.4) is 0 Å². The van der Waals surface area contributed by atoms with Gasteiger partial charge in [0.2, 0.25) is 0 Å². The van der Waals surface area contributed by atoms with Gasteiger partial charge in [0, 0.05) is 17.7 Å². The Morgan fingerprint density at radius 2 is 1.87 bits per heavy atom. The van der Waals surface area contributed by atoms with Gasteiger partial charge in [0.15, 0.2) is 0 Å². The van der Waals surface area contributed by atoms with E-state index in [1.165, 1.54) is 0 Å². The molecule has 0 radical (unpaired) electrons. The zero-order valence-electron chi connectivity index (χ0n) is 14.0. The maximum absolute atomic E-state index is 12.8. The number of methoxy groups -OCH3 is 1. The van der Waals surface area contributed by atoms with E-state index < -0.39 is 0 Å². The van der Waals surface area contributed by atoms with Crippen molar-refractivity contribution in [3.8, 4) is 5.75 Å². The largest absolute Gasteiger partial charge is 0.496 e. The van der Waals surface area contributed by atoms with Crippen LogP contribution < -0.4 is 9.64 Å². The van der Waals surface area contributed by atoms with Gasteiger partial charge >= 0.3 is 0 Å². The molecule has 3 rings (SSSR count). The average molecular weight is 307 g/mol. The molecule has 0 saturated heterocycles. The van der Waals surface area contributed by atoms with Crippen LogP contribution in [0.1, 0.15) is 29.2 Å². The van der Waals surface area contributed by atoms with Crippen LogP contribution in [0.2, 0.25) is 0 Å². The summed E-state index contributed by atoms with van der Waals surface area (Å²) in [6, 6.07) is 12.1. The van der Waals surface area contributed by atoms with E-state index in [-0.39, 0.29) is 5.91 Å². The molecule has 0 N–H and O–H groups in total. The summed E-state index contributed by atoms with van der Waals surface area (Å²) < 4.78 is 5.37. The van der Waals surface area contributed by atoms with Crippen LogP contribution in [0.15, 0.2) is 36.4 Å². The number of anilines is 1. The number of para-hydroxylation sites is 1. The van der Waals surface area contributed by atoms with Crippen LogP contribution in [0.25, 0.3) is 11.6 Å². The zero-order valence-corrected chi connectivity index (χ0v) is 14.0. The molecule has 0 atom stereocenters. The fraction of sp³-hybridized carbons (Fsp3) is 0.250. The highest BCUT2D eigenvalue weighted by Crippen LogP contribution is 2.38.